The van der Waals surface area contributed by atoms with Crippen LogP contribution in [0.3, 0.4) is 0 Å². The number of methoxy groups -OCH3 is 1. The van der Waals surface area contributed by atoms with Gasteiger partial charge in [0.15, 0.2) is 37.0 Å². The van der Waals surface area contributed by atoms with Crippen molar-refractivity contribution in [1.29, 1.82) is 0 Å². The number of halogens is 3. The number of esters is 4. The normalized spacial score (nSPS) is 28.4. The number of amides is 1. The predicted octanol–water partition coefficient (Wildman–Crippen LogP) is 6.77. The van der Waals surface area contributed by atoms with Crippen LogP contribution < -0.4 is 5.32 Å². The standard InChI is InChI=1S/C47H58Cl3NO16Si/c1-26(52)23-24-31(53)62-34-32(51-44(57)47(48,49)50)42(61-30-25-59-68(45(2,3)4,46(5,6)7)67-33(30)34)65-35-36(63-39(54)27-17-11-9-12-18-27)38(64-40(55)28-19-13-10-14-20-28)43(60-29-21-15-16-22-29)66-37(35)41(56)58-8/h9-20,29-30,32-38,42-43H,21-25H2,1-8H3,(H,51,57)/t30-,32-,33-,34-,35+,36+,37+,38-,42+,43-/m1/s1. The smallest absolute Gasteiger partial charge is 0.349 e. The highest BCUT2D eigenvalue weighted by Gasteiger charge is 2.66. The predicted molar refractivity (Wildman–Crippen MR) is 247 cm³/mol. The molecule has 0 radical (unpaired) electrons. The summed E-state index contributed by atoms with van der Waals surface area (Å²) in [5.74, 6) is -5.21. The summed E-state index contributed by atoms with van der Waals surface area (Å²) in [5.41, 5.74) is 0.185. The number of ether oxygens (including phenoxy) is 8. The van der Waals surface area contributed by atoms with Crippen molar-refractivity contribution < 1.29 is 75.5 Å². The fraction of sp³-hybridized carbons (Fsp3) is 0.574. The Bertz CT molecular complexity index is 2140. The van der Waals surface area contributed by atoms with E-state index in [1.807, 2.05) is 53.7 Å². The molecule has 0 saturated carbocycles. The maximum Gasteiger partial charge on any atom is 0.349 e. The van der Waals surface area contributed by atoms with Crippen LogP contribution in [0.1, 0.15) is 94.9 Å². The lowest BCUT2D eigenvalue weighted by Gasteiger charge is -2.58. The minimum absolute atomic E-state index is 0.0712. The SMILES string of the molecule is COC(=O)[C@H]1O[C@@H](OC2CC=CC2)[C@H](OC(=O)c2ccccc2)[C@@H](OC(=O)c2ccccc2)[C@@H]1O[C@@H]1O[C@@H]2CO[Si](C(C)(C)C)(C(C)(C)C)O[C@H]2[C@H](OC(=O)CCC(C)=O)[C@H]1NC(=O)C(Cl)(Cl)Cl. The molecule has 2 aromatic carbocycles. The summed E-state index contributed by atoms with van der Waals surface area (Å²) in [7, 11) is -2.34. The zero-order valence-corrected chi connectivity index (χ0v) is 42.2. The molecule has 0 aromatic heterocycles. The van der Waals surface area contributed by atoms with Crippen molar-refractivity contribution in [1.82, 2.24) is 5.32 Å². The number of rotatable bonds is 14. The molecule has 372 valence electrons. The van der Waals surface area contributed by atoms with E-state index in [0.717, 1.165) is 7.11 Å². The summed E-state index contributed by atoms with van der Waals surface area (Å²) >= 11 is 18.5. The van der Waals surface area contributed by atoms with E-state index in [0.29, 0.717) is 12.8 Å². The maximum atomic E-state index is 14.2. The molecule has 3 saturated heterocycles. The Morgan fingerprint density at radius 3 is 1.78 bits per heavy atom. The molecular formula is C47H58Cl3NO16Si. The summed E-state index contributed by atoms with van der Waals surface area (Å²) in [5, 5.41) is 1.39. The average Bonchev–Trinajstić information content (AvgIpc) is 3.80. The second-order valence-electron chi connectivity index (χ2n) is 18.9. The van der Waals surface area contributed by atoms with Gasteiger partial charge in [0.2, 0.25) is 0 Å². The molecule has 68 heavy (non-hydrogen) atoms. The van der Waals surface area contributed by atoms with Crippen LogP contribution in [0.5, 0.6) is 0 Å². The van der Waals surface area contributed by atoms with Crippen LogP contribution in [-0.4, -0.2) is 129 Å². The largest absolute Gasteiger partial charge is 0.467 e. The van der Waals surface area contributed by atoms with E-state index in [1.165, 1.54) is 31.2 Å². The van der Waals surface area contributed by atoms with Gasteiger partial charge in [-0.25, -0.2) is 14.4 Å². The first-order valence-electron chi connectivity index (χ1n) is 22.2. The summed E-state index contributed by atoms with van der Waals surface area (Å²) in [6.07, 6.45) is -10.8. The number of hydrogen-bond donors (Lipinski definition) is 1. The second-order valence-corrected chi connectivity index (χ2v) is 26.0. The minimum atomic E-state index is -3.43. The van der Waals surface area contributed by atoms with E-state index in [9.17, 15) is 28.8 Å². The third kappa shape index (κ3) is 12.3. The molecule has 1 amide bonds. The summed E-state index contributed by atoms with van der Waals surface area (Å²) < 4.78 is 61.1. The van der Waals surface area contributed by atoms with Gasteiger partial charge in [0.1, 0.15) is 30.1 Å². The lowest BCUT2D eigenvalue weighted by Crippen LogP contribution is -2.75. The number of hydrogen-bond acceptors (Lipinski definition) is 16. The van der Waals surface area contributed by atoms with Gasteiger partial charge in [-0.3, -0.25) is 9.59 Å². The van der Waals surface area contributed by atoms with Crippen LogP contribution >= 0.6 is 34.8 Å². The highest BCUT2D eigenvalue weighted by molar-refractivity contribution is 6.76. The molecule has 0 unspecified atom stereocenters. The van der Waals surface area contributed by atoms with Gasteiger partial charge in [-0.2, -0.15) is 0 Å². The van der Waals surface area contributed by atoms with Gasteiger partial charge < -0.3 is 56.9 Å². The third-order valence-corrected chi connectivity index (χ3v) is 17.5. The molecule has 2 aromatic rings. The molecule has 1 N–H and O–H groups in total. The first-order chi connectivity index (χ1) is 31.9. The van der Waals surface area contributed by atoms with Crippen molar-refractivity contribution in [2.75, 3.05) is 13.7 Å². The van der Waals surface area contributed by atoms with Crippen LogP contribution in [-0.2, 0) is 65.9 Å². The number of carbonyl (C=O) groups excluding carboxylic acids is 6. The molecule has 1 aliphatic carbocycles. The zero-order valence-electron chi connectivity index (χ0n) is 39.0. The molecule has 10 atom stereocenters. The van der Waals surface area contributed by atoms with Crippen molar-refractivity contribution in [3.05, 3.63) is 83.9 Å². The van der Waals surface area contributed by atoms with E-state index in [4.69, 9.17) is 81.5 Å². The molecule has 3 fully saturated rings. The van der Waals surface area contributed by atoms with Gasteiger partial charge in [0.25, 0.3) is 9.70 Å². The maximum absolute atomic E-state index is 14.2. The number of carbonyl (C=O) groups is 6. The van der Waals surface area contributed by atoms with E-state index in [-0.39, 0.29) is 36.4 Å². The van der Waals surface area contributed by atoms with E-state index < -0.39 is 120 Å². The van der Waals surface area contributed by atoms with Crippen LogP contribution in [0.2, 0.25) is 10.1 Å². The quantitative estimate of drug-likeness (QED) is 0.0681. The van der Waals surface area contributed by atoms with Crippen molar-refractivity contribution in [3.8, 4) is 0 Å². The molecule has 0 spiro atoms. The lowest BCUT2D eigenvalue weighted by atomic mass is 9.94. The minimum Gasteiger partial charge on any atom is -0.467 e. The van der Waals surface area contributed by atoms with E-state index >= 15 is 0 Å². The summed E-state index contributed by atoms with van der Waals surface area (Å²) in [6.45, 7) is 12.9. The Morgan fingerprint density at radius 1 is 0.706 bits per heavy atom. The molecule has 6 rings (SSSR count). The average molecular weight is 1030 g/mol. The lowest BCUT2D eigenvalue weighted by molar-refractivity contribution is -0.346. The Labute approximate surface area is 411 Å². The molecule has 3 heterocycles. The molecule has 3 aliphatic heterocycles. The molecular weight excluding hydrogens is 969 g/mol. The first kappa shape index (κ1) is 53.4. The van der Waals surface area contributed by atoms with Gasteiger partial charge in [-0.1, -0.05) is 125 Å². The Morgan fingerprint density at radius 2 is 1.26 bits per heavy atom. The number of ketones is 1. The van der Waals surface area contributed by atoms with Gasteiger partial charge in [0.05, 0.1) is 37.4 Å². The Kier molecular flexibility index (Phi) is 17.3. The molecule has 0 bridgehead atoms. The van der Waals surface area contributed by atoms with E-state index in [1.54, 1.807) is 36.4 Å². The summed E-state index contributed by atoms with van der Waals surface area (Å²) in [4.78, 5) is 81.9. The van der Waals surface area contributed by atoms with Gasteiger partial charge in [0, 0.05) is 16.5 Å². The fourth-order valence-corrected chi connectivity index (χ4v) is 14.0. The van der Waals surface area contributed by atoms with Crippen LogP contribution in [0.25, 0.3) is 0 Å². The fourth-order valence-electron chi connectivity index (χ4n) is 8.86. The molecule has 17 nitrogen and oxygen atoms in total. The monoisotopic (exact) mass is 1030 g/mol. The summed E-state index contributed by atoms with van der Waals surface area (Å²) in [6, 6.07) is 14.2. The number of fused-ring (bicyclic) bond motifs is 1. The van der Waals surface area contributed by atoms with Gasteiger partial charge in [-0.05, 0) is 44.0 Å². The molecule has 4 aliphatic rings. The van der Waals surface area contributed by atoms with Gasteiger partial charge >= 0.3 is 32.4 Å². The van der Waals surface area contributed by atoms with E-state index in [2.05, 4.69) is 5.32 Å². The zero-order chi connectivity index (χ0) is 49.8. The number of benzene rings is 2. The number of alkyl halides is 3. The third-order valence-electron chi connectivity index (χ3n) is 11.9. The Hall–Kier alpha value is -3.95. The van der Waals surface area contributed by atoms with Crippen molar-refractivity contribution >= 4 is 78.9 Å². The van der Waals surface area contributed by atoms with Crippen LogP contribution in [0.15, 0.2) is 72.8 Å². The Balaban J connectivity index is 1.50. The van der Waals surface area contributed by atoms with Gasteiger partial charge in [-0.15, -0.1) is 0 Å². The number of Topliss-reactive ketones (excluding diaryl/α,β-unsaturated/α-hetero) is 1. The highest BCUT2D eigenvalue weighted by Crippen LogP contribution is 2.55. The van der Waals surface area contributed by atoms with Crippen LogP contribution in [0.4, 0.5) is 0 Å². The van der Waals surface area contributed by atoms with Crippen molar-refractivity contribution in [2.45, 2.75) is 155 Å². The first-order valence-corrected chi connectivity index (χ1v) is 25.1. The second kappa shape index (κ2) is 22.0. The van der Waals surface area contributed by atoms with Crippen LogP contribution in [0, 0.1) is 0 Å². The van der Waals surface area contributed by atoms with Crippen molar-refractivity contribution in [3.63, 3.8) is 0 Å². The topological polar surface area (TPSA) is 207 Å². The molecule has 21 heteroatoms. The highest BCUT2D eigenvalue weighted by atomic mass is 35.6. The number of nitrogens with one attached hydrogen (secondary N) is 1. The van der Waals surface area contributed by atoms with Crippen molar-refractivity contribution in [2.24, 2.45) is 0 Å².